The summed E-state index contributed by atoms with van der Waals surface area (Å²) in [6.07, 6.45) is 1.27. The van der Waals surface area contributed by atoms with Crippen LogP contribution in [0.15, 0.2) is 71.8 Å². The highest BCUT2D eigenvalue weighted by Crippen LogP contribution is 2.23. The zero-order valence-electron chi connectivity index (χ0n) is 16.1. The maximum atomic E-state index is 13.3. The van der Waals surface area contributed by atoms with Crippen molar-refractivity contribution in [1.29, 1.82) is 0 Å². The smallest absolute Gasteiger partial charge is 0.245 e. The molecule has 0 atom stereocenters. The van der Waals surface area contributed by atoms with Crippen LogP contribution < -0.4 is 9.47 Å². The molecule has 1 aromatic heterocycles. The Morgan fingerprint density at radius 2 is 1.31 bits per heavy atom. The number of pyridine rings is 1. The van der Waals surface area contributed by atoms with E-state index in [4.69, 9.17) is 21.1 Å². The van der Waals surface area contributed by atoms with E-state index in [0.717, 1.165) is 11.1 Å². The first-order valence-corrected chi connectivity index (χ1v) is 10.6. The van der Waals surface area contributed by atoms with Gasteiger partial charge in [0.15, 0.2) is 0 Å². The van der Waals surface area contributed by atoms with Gasteiger partial charge in [-0.15, -0.1) is 0 Å². The van der Waals surface area contributed by atoms with Crippen molar-refractivity contribution >= 4 is 21.6 Å². The van der Waals surface area contributed by atoms with Gasteiger partial charge < -0.3 is 9.47 Å². The van der Waals surface area contributed by atoms with Crippen molar-refractivity contribution in [3.05, 3.63) is 83.1 Å². The molecule has 3 aromatic rings. The van der Waals surface area contributed by atoms with Crippen LogP contribution in [0.1, 0.15) is 11.1 Å². The molecule has 0 N–H and O–H groups in total. The summed E-state index contributed by atoms with van der Waals surface area (Å²) >= 11 is 5.81. The van der Waals surface area contributed by atoms with Crippen LogP contribution in [0, 0.1) is 0 Å². The normalized spacial score (nSPS) is 11.4. The van der Waals surface area contributed by atoms with Crippen LogP contribution in [0.25, 0.3) is 0 Å². The van der Waals surface area contributed by atoms with E-state index < -0.39 is 10.0 Å². The molecule has 2 aromatic carbocycles. The first-order valence-electron chi connectivity index (χ1n) is 8.80. The molecule has 1 heterocycles. The van der Waals surface area contributed by atoms with Gasteiger partial charge in [0.2, 0.25) is 10.0 Å². The van der Waals surface area contributed by atoms with Crippen molar-refractivity contribution < 1.29 is 17.9 Å². The van der Waals surface area contributed by atoms with Crippen LogP contribution in [0.3, 0.4) is 0 Å². The Morgan fingerprint density at radius 1 is 0.828 bits per heavy atom. The minimum Gasteiger partial charge on any atom is -0.497 e. The number of benzene rings is 2. The van der Waals surface area contributed by atoms with E-state index in [1.54, 1.807) is 38.5 Å². The van der Waals surface area contributed by atoms with Crippen molar-refractivity contribution in [2.75, 3.05) is 14.2 Å². The van der Waals surface area contributed by atoms with Crippen molar-refractivity contribution in [1.82, 2.24) is 9.29 Å². The summed E-state index contributed by atoms with van der Waals surface area (Å²) in [6, 6.07) is 17.5. The summed E-state index contributed by atoms with van der Waals surface area (Å²) in [6.45, 7) is 0.391. The van der Waals surface area contributed by atoms with Gasteiger partial charge in [0.1, 0.15) is 21.5 Å². The van der Waals surface area contributed by atoms with Gasteiger partial charge in [-0.05, 0) is 47.5 Å². The third-order valence-electron chi connectivity index (χ3n) is 4.37. The van der Waals surface area contributed by atoms with E-state index in [9.17, 15) is 8.42 Å². The topological polar surface area (TPSA) is 68.7 Å². The third kappa shape index (κ3) is 5.26. The van der Waals surface area contributed by atoms with Crippen LogP contribution in [0.5, 0.6) is 11.5 Å². The van der Waals surface area contributed by atoms with Crippen molar-refractivity contribution in [3.8, 4) is 11.5 Å². The second-order valence-electron chi connectivity index (χ2n) is 6.29. The van der Waals surface area contributed by atoms with Gasteiger partial charge in [-0.2, -0.15) is 4.31 Å². The Morgan fingerprint density at radius 3 is 1.69 bits per heavy atom. The Labute approximate surface area is 175 Å². The molecule has 0 aliphatic heterocycles. The highest BCUT2D eigenvalue weighted by atomic mass is 35.5. The Bertz CT molecular complexity index is 988. The first kappa shape index (κ1) is 21.1. The molecule has 6 nitrogen and oxygen atoms in total. The minimum atomic E-state index is -3.80. The minimum absolute atomic E-state index is 0.0870. The van der Waals surface area contributed by atoms with Gasteiger partial charge in [0.25, 0.3) is 0 Å². The van der Waals surface area contributed by atoms with E-state index in [-0.39, 0.29) is 23.1 Å². The predicted octanol–water partition coefficient (Wildman–Crippen LogP) is 4.14. The van der Waals surface area contributed by atoms with Crippen LogP contribution >= 0.6 is 11.6 Å². The fraction of sp³-hybridized carbons (Fsp3) is 0.190. The number of ether oxygens (including phenoxy) is 2. The number of rotatable bonds is 8. The van der Waals surface area contributed by atoms with Gasteiger partial charge in [-0.25, -0.2) is 13.4 Å². The molecule has 0 aliphatic carbocycles. The summed E-state index contributed by atoms with van der Waals surface area (Å²) in [4.78, 5) is 4.00. The molecule has 0 saturated carbocycles. The zero-order valence-corrected chi connectivity index (χ0v) is 17.7. The molecule has 0 aliphatic rings. The van der Waals surface area contributed by atoms with E-state index in [1.807, 2.05) is 24.3 Å². The van der Waals surface area contributed by atoms with Crippen molar-refractivity contribution in [2.45, 2.75) is 18.0 Å². The molecule has 0 unspecified atom stereocenters. The average molecular weight is 433 g/mol. The summed E-state index contributed by atoms with van der Waals surface area (Å²) in [5.74, 6) is 1.42. The van der Waals surface area contributed by atoms with Gasteiger partial charge in [-0.3, -0.25) is 0 Å². The molecule has 0 fully saturated rings. The predicted molar refractivity (Wildman–Crippen MR) is 112 cm³/mol. The molecule has 29 heavy (non-hydrogen) atoms. The summed E-state index contributed by atoms with van der Waals surface area (Å²) in [5, 5.41) is 0.237. The molecule has 152 valence electrons. The Hall–Kier alpha value is -2.61. The number of hydrogen-bond acceptors (Lipinski definition) is 5. The first-order chi connectivity index (χ1) is 13.9. The number of aromatic nitrogens is 1. The molecule has 8 heteroatoms. The van der Waals surface area contributed by atoms with Crippen LogP contribution in [0.4, 0.5) is 0 Å². The van der Waals surface area contributed by atoms with E-state index >= 15 is 0 Å². The standard InChI is InChI=1S/C21H21ClN2O4S/c1-27-18-7-3-16(4-8-18)14-24(15-17-5-9-19(28-2)10-6-17)29(25,26)20-11-12-21(22)23-13-20/h3-13H,14-15H2,1-2H3. The largest absolute Gasteiger partial charge is 0.497 e. The highest BCUT2D eigenvalue weighted by Gasteiger charge is 2.25. The lowest BCUT2D eigenvalue weighted by Crippen LogP contribution is -2.30. The lowest BCUT2D eigenvalue weighted by Gasteiger charge is -2.22. The summed E-state index contributed by atoms with van der Waals surface area (Å²) < 4.78 is 38.3. The summed E-state index contributed by atoms with van der Waals surface area (Å²) in [5.41, 5.74) is 1.68. The molecule has 0 radical (unpaired) electrons. The number of nitrogens with zero attached hydrogens (tertiary/aromatic N) is 2. The lowest BCUT2D eigenvalue weighted by molar-refractivity contribution is 0.397. The molecular weight excluding hydrogens is 412 g/mol. The van der Waals surface area contributed by atoms with E-state index in [0.29, 0.717) is 11.5 Å². The second kappa shape index (κ2) is 9.26. The monoisotopic (exact) mass is 432 g/mol. The number of methoxy groups -OCH3 is 2. The van der Waals surface area contributed by atoms with Crippen molar-refractivity contribution in [3.63, 3.8) is 0 Å². The second-order valence-corrected chi connectivity index (χ2v) is 8.61. The SMILES string of the molecule is COc1ccc(CN(Cc2ccc(OC)cc2)S(=O)(=O)c2ccc(Cl)nc2)cc1. The molecule has 3 rings (SSSR count). The maximum Gasteiger partial charge on any atom is 0.245 e. The fourth-order valence-electron chi connectivity index (χ4n) is 2.76. The Balaban J connectivity index is 1.93. The molecular formula is C21H21ClN2O4S. The van der Waals surface area contributed by atoms with Gasteiger partial charge in [0, 0.05) is 19.3 Å². The molecule has 0 saturated heterocycles. The van der Waals surface area contributed by atoms with Gasteiger partial charge in [-0.1, -0.05) is 35.9 Å². The van der Waals surface area contributed by atoms with Gasteiger partial charge in [0.05, 0.1) is 14.2 Å². The fourth-order valence-corrected chi connectivity index (χ4v) is 4.23. The van der Waals surface area contributed by atoms with E-state index in [2.05, 4.69) is 4.98 Å². The third-order valence-corrected chi connectivity index (χ3v) is 6.37. The zero-order chi connectivity index (χ0) is 20.9. The molecule has 0 amide bonds. The number of hydrogen-bond donors (Lipinski definition) is 0. The van der Waals surface area contributed by atoms with Crippen molar-refractivity contribution in [2.24, 2.45) is 0 Å². The lowest BCUT2D eigenvalue weighted by atomic mass is 10.2. The average Bonchev–Trinajstić information content (AvgIpc) is 2.74. The van der Waals surface area contributed by atoms with Crippen LogP contribution in [-0.2, 0) is 23.1 Å². The number of halogens is 1. The maximum absolute atomic E-state index is 13.3. The number of sulfonamides is 1. The molecule has 0 bridgehead atoms. The van der Waals surface area contributed by atoms with Crippen LogP contribution in [-0.4, -0.2) is 31.9 Å². The van der Waals surface area contributed by atoms with Gasteiger partial charge >= 0.3 is 0 Å². The highest BCUT2D eigenvalue weighted by molar-refractivity contribution is 7.89. The molecule has 0 spiro atoms. The summed E-state index contributed by atoms with van der Waals surface area (Å²) in [7, 11) is -0.623. The quantitative estimate of drug-likeness (QED) is 0.500. The van der Waals surface area contributed by atoms with Crippen LogP contribution in [0.2, 0.25) is 5.15 Å². The Kier molecular flexibility index (Phi) is 6.74. The van der Waals surface area contributed by atoms with E-state index in [1.165, 1.54) is 22.6 Å².